The fourth-order valence-electron chi connectivity index (χ4n) is 1.48. The minimum atomic E-state index is -0.578. The summed E-state index contributed by atoms with van der Waals surface area (Å²) in [5, 5.41) is 13.4. The van der Waals surface area contributed by atoms with Crippen LogP contribution in [0.25, 0.3) is 0 Å². The third kappa shape index (κ3) is 2.51. The van der Waals surface area contributed by atoms with Crippen molar-refractivity contribution < 1.29 is 9.72 Å². The lowest BCUT2D eigenvalue weighted by molar-refractivity contribution is -0.385. The molecular formula is C11H10N4O3. The number of carbonyl (C=O) groups excluding carboxylic acids is 1. The van der Waals surface area contributed by atoms with Gasteiger partial charge in [-0.15, -0.1) is 0 Å². The molecule has 0 saturated heterocycles. The van der Waals surface area contributed by atoms with Crippen LogP contribution in [0.2, 0.25) is 0 Å². The number of nitro benzene ring substituents is 1. The minimum absolute atomic E-state index is 0.0435. The van der Waals surface area contributed by atoms with Crippen LogP contribution in [-0.4, -0.2) is 20.8 Å². The highest BCUT2D eigenvalue weighted by Crippen LogP contribution is 2.17. The van der Waals surface area contributed by atoms with Crippen molar-refractivity contribution in [1.82, 2.24) is 15.3 Å². The number of carbonyl (C=O) groups is 1. The van der Waals surface area contributed by atoms with Gasteiger partial charge >= 0.3 is 0 Å². The van der Waals surface area contributed by atoms with Crippen molar-refractivity contribution in [2.45, 2.75) is 6.54 Å². The summed E-state index contributed by atoms with van der Waals surface area (Å²) in [6.45, 7) is 0.241. The Morgan fingerprint density at radius 3 is 2.89 bits per heavy atom. The molecule has 0 atom stereocenters. The number of imidazole rings is 1. The molecule has 0 bridgehead atoms. The van der Waals surface area contributed by atoms with E-state index < -0.39 is 10.8 Å². The molecule has 0 unspecified atom stereocenters. The molecule has 92 valence electrons. The second-order valence-corrected chi connectivity index (χ2v) is 3.53. The van der Waals surface area contributed by atoms with Crippen LogP contribution in [0.1, 0.15) is 16.1 Å². The molecule has 0 aliphatic rings. The number of hydrogen-bond acceptors (Lipinski definition) is 4. The van der Waals surface area contributed by atoms with Crippen LogP contribution >= 0.6 is 0 Å². The summed E-state index contributed by atoms with van der Waals surface area (Å²) >= 11 is 0. The van der Waals surface area contributed by atoms with Gasteiger partial charge in [0.05, 0.1) is 23.5 Å². The predicted octanol–water partition coefficient (Wildman–Crippen LogP) is 1.25. The molecule has 2 rings (SSSR count). The van der Waals surface area contributed by atoms with Gasteiger partial charge in [0.1, 0.15) is 5.56 Å². The molecule has 7 nitrogen and oxygen atoms in total. The van der Waals surface area contributed by atoms with Gasteiger partial charge < -0.3 is 10.3 Å². The number of nitro groups is 1. The molecule has 2 aromatic rings. The van der Waals surface area contributed by atoms with Crippen molar-refractivity contribution in [2.75, 3.05) is 0 Å². The number of para-hydroxylation sites is 1. The summed E-state index contributed by atoms with van der Waals surface area (Å²) in [6.07, 6.45) is 3.06. The van der Waals surface area contributed by atoms with Crippen molar-refractivity contribution in [1.29, 1.82) is 0 Å². The van der Waals surface area contributed by atoms with Gasteiger partial charge in [-0.3, -0.25) is 14.9 Å². The quantitative estimate of drug-likeness (QED) is 0.626. The van der Waals surface area contributed by atoms with E-state index in [2.05, 4.69) is 15.3 Å². The van der Waals surface area contributed by atoms with E-state index in [-0.39, 0.29) is 17.8 Å². The van der Waals surface area contributed by atoms with E-state index in [1.165, 1.54) is 24.5 Å². The standard InChI is InChI=1S/C11H10N4O3/c16-11(13-6-8-5-12-7-14-8)9-3-1-2-4-10(9)15(17)18/h1-5,7H,6H2,(H,12,14)(H,13,16). The number of nitrogens with one attached hydrogen (secondary N) is 2. The number of rotatable bonds is 4. The van der Waals surface area contributed by atoms with Crippen LogP contribution in [0.5, 0.6) is 0 Å². The van der Waals surface area contributed by atoms with Crippen LogP contribution in [0.3, 0.4) is 0 Å². The summed E-state index contributed by atoms with van der Waals surface area (Å²) in [5.74, 6) is -0.489. The van der Waals surface area contributed by atoms with Crippen molar-refractivity contribution in [3.05, 3.63) is 58.2 Å². The first-order valence-electron chi connectivity index (χ1n) is 5.17. The zero-order valence-corrected chi connectivity index (χ0v) is 9.29. The van der Waals surface area contributed by atoms with Gasteiger partial charge in [-0.2, -0.15) is 0 Å². The average Bonchev–Trinajstić information content (AvgIpc) is 2.89. The highest BCUT2D eigenvalue weighted by molar-refractivity contribution is 5.98. The second-order valence-electron chi connectivity index (χ2n) is 3.53. The fraction of sp³-hybridized carbons (Fsp3) is 0.0909. The molecule has 1 amide bonds. The highest BCUT2D eigenvalue weighted by Gasteiger charge is 2.18. The normalized spacial score (nSPS) is 10.0. The summed E-state index contributed by atoms with van der Waals surface area (Å²) in [5.41, 5.74) is 0.559. The maximum absolute atomic E-state index is 11.8. The molecule has 0 radical (unpaired) electrons. The van der Waals surface area contributed by atoms with Gasteiger partial charge in [-0.1, -0.05) is 12.1 Å². The third-order valence-corrected chi connectivity index (χ3v) is 2.34. The molecule has 0 aliphatic heterocycles. The monoisotopic (exact) mass is 246 g/mol. The van der Waals surface area contributed by atoms with Crippen LogP contribution in [-0.2, 0) is 6.54 Å². The maximum Gasteiger partial charge on any atom is 0.282 e. The van der Waals surface area contributed by atoms with Crippen LogP contribution < -0.4 is 5.32 Å². The molecule has 0 saturated carbocycles. The number of aromatic nitrogens is 2. The summed E-state index contributed by atoms with van der Waals surface area (Å²) in [7, 11) is 0. The SMILES string of the molecule is O=C(NCc1cnc[nH]1)c1ccccc1[N+](=O)[O-]. The first-order chi connectivity index (χ1) is 8.68. The van der Waals surface area contributed by atoms with E-state index in [4.69, 9.17) is 0 Å². The Balaban J connectivity index is 2.11. The van der Waals surface area contributed by atoms with Crippen molar-refractivity contribution in [3.63, 3.8) is 0 Å². The average molecular weight is 246 g/mol. The Labute approximate surface area is 102 Å². The highest BCUT2D eigenvalue weighted by atomic mass is 16.6. The number of aromatic amines is 1. The molecule has 18 heavy (non-hydrogen) atoms. The van der Waals surface area contributed by atoms with Gasteiger partial charge in [0.15, 0.2) is 0 Å². The van der Waals surface area contributed by atoms with E-state index >= 15 is 0 Å². The van der Waals surface area contributed by atoms with Gasteiger partial charge in [0.25, 0.3) is 11.6 Å². The Bertz CT molecular complexity index is 565. The van der Waals surface area contributed by atoms with Gasteiger partial charge in [-0.25, -0.2) is 4.98 Å². The Morgan fingerprint density at radius 1 is 1.44 bits per heavy atom. The Hall–Kier alpha value is -2.70. The lowest BCUT2D eigenvalue weighted by Gasteiger charge is -2.04. The number of amides is 1. The Kier molecular flexibility index (Phi) is 3.33. The topological polar surface area (TPSA) is 101 Å². The van der Waals surface area contributed by atoms with Gasteiger partial charge in [0.2, 0.25) is 0 Å². The fourth-order valence-corrected chi connectivity index (χ4v) is 1.48. The molecule has 1 aromatic carbocycles. The van der Waals surface area contributed by atoms with Crippen LogP contribution in [0, 0.1) is 10.1 Å². The van der Waals surface area contributed by atoms with E-state index in [9.17, 15) is 14.9 Å². The van der Waals surface area contributed by atoms with Crippen LogP contribution in [0.4, 0.5) is 5.69 Å². The zero-order valence-electron chi connectivity index (χ0n) is 9.29. The van der Waals surface area contributed by atoms with E-state index in [1.807, 2.05) is 0 Å². The molecule has 7 heteroatoms. The van der Waals surface area contributed by atoms with Crippen molar-refractivity contribution in [2.24, 2.45) is 0 Å². The first kappa shape index (κ1) is 11.8. The lowest BCUT2D eigenvalue weighted by Crippen LogP contribution is -2.23. The van der Waals surface area contributed by atoms with Gasteiger partial charge in [-0.05, 0) is 6.07 Å². The number of benzene rings is 1. The van der Waals surface area contributed by atoms with Crippen molar-refractivity contribution in [3.8, 4) is 0 Å². The molecule has 0 aliphatic carbocycles. The number of hydrogen-bond donors (Lipinski definition) is 2. The first-order valence-corrected chi connectivity index (χ1v) is 5.17. The third-order valence-electron chi connectivity index (χ3n) is 2.34. The van der Waals surface area contributed by atoms with Crippen LogP contribution in [0.15, 0.2) is 36.8 Å². The van der Waals surface area contributed by atoms with E-state index in [1.54, 1.807) is 12.3 Å². The number of H-pyrrole nitrogens is 1. The van der Waals surface area contributed by atoms with Gasteiger partial charge in [0, 0.05) is 12.3 Å². The largest absolute Gasteiger partial charge is 0.347 e. The second kappa shape index (κ2) is 5.09. The summed E-state index contributed by atoms with van der Waals surface area (Å²) < 4.78 is 0. The lowest BCUT2D eigenvalue weighted by atomic mass is 10.1. The molecular weight excluding hydrogens is 236 g/mol. The van der Waals surface area contributed by atoms with Crippen molar-refractivity contribution >= 4 is 11.6 Å². The molecule has 0 spiro atoms. The smallest absolute Gasteiger partial charge is 0.282 e. The molecule has 0 fully saturated rings. The zero-order chi connectivity index (χ0) is 13.0. The summed E-state index contributed by atoms with van der Waals surface area (Å²) in [4.78, 5) is 28.6. The molecule has 1 aromatic heterocycles. The minimum Gasteiger partial charge on any atom is -0.347 e. The van der Waals surface area contributed by atoms with E-state index in [0.717, 1.165) is 5.69 Å². The number of nitrogens with zero attached hydrogens (tertiary/aromatic N) is 2. The summed E-state index contributed by atoms with van der Waals surface area (Å²) in [6, 6.07) is 5.81. The molecule has 1 heterocycles. The Morgan fingerprint density at radius 2 is 2.22 bits per heavy atom. The maximum atomic E-state index is 11.8. The molecule has 2 N–H and O–H groups in total. The van der Waals surface area contributed by atoms with E-state index in [0.29, 0.717) is 0 Å². The predicted molar refractivity (Wildman–Crippen MR) is 62.9 cm³/mol.